The number of nitrogens with one attached hydrogen (secondary N) is 2. The van der Waals surface area contributed by atoms with Crippen LogP contribution in [-0.2, 0) is 39.1 Å². The summed E-state index contributed by atoms with van der Waals surface area (Å²) in [6.07, 6.45) is 0.620. The summed E-state index contributed by atoms with van der Waals surface area (Å²) in [6.45, 7) is 12.9. The molecule has 1 aliphatic heterocycles. The highest BCUT2D eigenvalue weighted by molar-refractivity contribution is 7.89. The summed E-state index contributed by atoms with van der Waals surface area (Å²) >= 11 is 0. The molecule has 0 aromatic heterocycles. The summed E-state index contributed by atoms with van der Waals surface area (Å²) in [4.78, 5) is 30.7. The van der Waals surface area contributed by atoms with Gasteiger partial charge in [-0.3, -0.25) is 9.59 Å². The zero-order valence-corrected chi connectivity index (χ0v) is 30.6. The number of ether oxygens (including phenoxy) is 2. The number of hydrogen-bond donors (Lipinski definition) is 2. The fraction of sp³-hybridized carbons (Fsp3) is 0.588. The molecular weight excluding hydrogens is 657 g/mol. The SMILES string of the molecule is Cc1ccc(S(=O)(=O)NC(CC(C)C)C(=O)N2CCOCCN(C(=O)C(CC(C)C)NS(=O)(=O)c3ccc(C)cc3)CCOCC2)cc1. The van der Waals surface area contributed by atoms with Gasteiger partial charge in [0, 0.05) is 26.2 Å². The number of rotatable bonds is 12. The normalized spacial score (nSPS) is 17.1. The Morgan fingerprint density at radius 1 is 0.604 bits per heavy atom. The third kappa shape index (κ3) is 12.2. The van der Waals surface area contributed by atoms with E-state index in [1.165, 1.54) is 24.3 Å². The highest BCUT2D eigenvalue weighted by Crippen LogP contribution is 2.17. The van der Waals surface area contributed by atoms with Crippen LogP contribution < -0.4 is 9.44 Å². The van der Waals surface area contributed by atoms with Gasteiger partial charge in [-0.05, 0) is 62.8 Å². The van der Waals surface area contributed by atoms with Gasteiger partial charge in [-0.25, -0.2) is 16.8 Å². The van der Waals surface area contributed by atoms with Gasteiger partial charge in [0.15, 0.2) is 0 Å². The molecule has 0 spiro atoms. The number of amides is 2. The fourth-order valence-corrected chi connectivity index (χ4v) is 7.70. The maximum absolute atomic E-state index is 13.7. The van der Waals surface area contributed by atoms with Gasteiger partial charge in [0.1, 0.15) is 12.1 Å². The summed E-state index contributed by atoms with van der Waals surface area (Å²) in [5, 5.41) is 0. The van der Waals surface area contributed by atoms with E-state index < -0.39 is 32.1 Å². The molecule has 3 rings (SSSR count). The van der Waals surface area contributed by atoms with Crippen molar-refractivity contribution in [3.05, 3.63) is 59.7 Å². The molecule has 48 heavy (non-hydrogen) atoms. The van der Waals surface area contributed by atoms with Gasteiger partial charge in [0.2, 0.25) is 31.9 Å². The molecule has 0 aliphatic carbocycles. The highest BCUT2D eigenvalue weighted by atomic mass is 32.2. The van der Waals surface area contributed by atoms with E-state index in [0.29, 0.717) is 12.8 Å². The number of carbonyl (C=O) groups excluding carboxylic acids is 2. The van der Waals surface area contributed by atoms with Crippen molar-refractivity contribution in [2.75, 3.05) is 52.6 Å². The maximum Gasteiger partial charge on any atom is 0.241 e. The van der Waals surface area contributed by atoms with Gasteiger partial charge in [-0.2, -0.15) is 9.44 Å². The van der Waals surface area contributed by atoms with Crippen LogP contribution in [0.5, 0.6) is 0 Å². The van der Waals surface area contributed by atoms with Crippen molar-refractivity contribution in [2.24, 2.45) is 11.8 Å². The smallest absolute Gasteiger partial charge is 0.241 e. The van der Waals surface area contributed by atoms with Crippen molar-refractivity contribution in [1.29, 1.82) is 0 Å². The van der Waals surface area contributed by atoms with Gasteiger partial charge < -0.3 is 19.3 Å². The first-order valence-electron chi connectivity index (χ1n) is 16.5. The molecule has 14 heteroatoms. The Kier molecular flexibility index (Phi) is 15.0. The van der Waals surface area contributed by atoms with Crippen molar-refractivity contribution >= 4 is 31.9 Å². The van der Waals surface area contributed by atoms with E-state index in [9.17, 15) is 26.4 Å². The van der Waals surface area contributed by atoms with E-state index in [0.717, 1.165) is 11.1 Å². The molecule has 1 aliphatic rings. The molecule has 2 amide bonds. The molecule has 2 aromatic rings. The summed E-state index contributed by atoms with van der Waals surface area (Å²) in [6, 6.07) is 11.0. The van der Waals surface area contributed by atoms with Crippen LogP contribution >= 0.6 is 0 Å². The third-order valence-corrected chi connectivity index (χ3v) is 10.9. The minimum atomic E-state index is -3.94. The van der Waals surface area contributed by atoms with E-state index in [1.807, 2.05) is 41.5 Å². The van der Waals surface area contributed by atoms with Gasteiger partial charge >= 0.3 is 0 Å². The van der Waals surface area contributed by atoms with Crippen molar-refractivity contribution in [2.45, 2.75) is 76.3 Å². The van der Waals surface area contributed by atoms with E-state index in [1.54, 1.807) is 34.1 Å². The predicted octanol–water partition coefficient (Wildman–Crippen LogP) is 3.09. The first kappa shape index (κ1) is 39.6. The quantitative estimate of drug-likeness (QED) is 0.342. The summed E-state index contributed by atoms with van der Waals surface area (Å²) in [5.74, 6) is -0.635. The minimum Gasteiger partial charge on any atom is -0.378 e. The molecule has 12 nitrogen and oxygen atoms in total. The second-order valence-corrected chi connectivity index (χ2v) is 16.5. The molecule has 268 valence electrons. The van der Waals surface area contributed by atoms with E-state index in [2.05, 4.69) is 9.44 Å². The average Bonchev–Trinajstić information content (AvgIpc) is 3.00. The van der Waals surface area contributed by atoms with Crippen LogP contribution in [0.2, 0.25) is 0 Å². The van der Waals surface area contributed by atoms with Crippen molar-refractivity contribution in [1.82, 2.24) is 19.2 Å². The molecule has 1 saturated heterocycles. The average molecular weight is 709 g/mol. The monoisotopic (exact) mass is 708 g/mol. The molecule has 1 fully saturated rings. The second-order valence-electron chi connectivity index (χ2n) is 13.1. The number of carbonyl (C=O) groups is 2. The van der Waals surface area contributed by atoms with Gasteiger partial charge in [-0.15, -0.1) is 0 Å². The standard InChI is InChI=1S/C34H52N4O8S2/c1-25(2)23-31(35-47(41,42)29-11-7-27(5)8-12-29)33(39)37-15-19-45-21-17-38(18-22-46-20-16-37)34(40)32(24-26(3)4)36-48(43,44)30-13-9-28(6)10-14-30/h7-14,25-26,31-32,35-36H,15-24H2,1-6H3. The molecule has 1 heterocycles. The lowest BCUT2D eigenvalue weighted by Gasteiger charge is -2.31. The lowest BCUT2D eigenvalue weighted by atomic mass is 10.0. The topological polar surface area (TPSA) is 151 Å². The maximum atomic E-state index is 13.7. The van der Waals surface area contributed by atoms with E-state index >= 15 is 0 Å². The number of aryl methyl sites for hydroxylation is 2. The number of benzene rings is 2. The molecule has 2 aromatic carbocycles. The second kappa shape index (κ2) is 18.2. The Morgan fingerprint density at radius 3 is 1.17 bits per heavy atom. The Balaban J connectivity index is 1.67. The molecule has 0 saturated carbocycles. The number of sulfonamides is 2. The van der Waals surface area contributed by atoms with Gasteiger partial charge in [0.25, 0.3) is 0 Å². The number of hydrogen-bond acceptors (Lipinski definition) is 8. The van der Waals surface area contributed by atoms with Crippen molar-refractivity contribution in [3.63, 3.8) is 0 Å². The van der Waals surface area contributed by atoms with Crippen LogP contribution in [0.25, 0.3) is 0 Å². The largest absolute Gasteiger partial charge is 0.378 e. The van der Waals surface area contributed by atoms with Crippen molar-refractivity contribution < 1.29 is 35.9 Å². The first-order chi connectivity index (χ1) is 22.6. The molecule has 2 unspecified atom stereocenters. The van der Waals surface area contributed by atoms with E-state index in [4.69, 9.17) is 9.47 Å². The molecule has 2 atom stereocenters. The van der Waals surface area contributed by atoms with Crippen LogP contribution in [0.4, 0.5) is 0 Å². The highest BCUT2D eigenvalue weighted by Gasteiger charge is 2.32. The summed E-state index contributed by atoms with van der Waals surface area (Å²) < 4.78 is 69.7. The minimum absolute atomic E-state index is 0.0454. The third-order valence-electron chi connectivity index (χ3n) is 7.91. The summed E-state index contributed by atoms with van der Waals surface area (Å²) in [5.41, 5.74) is 1.85. The van der Waals surface area contributed by atoms with Gasteiger partial charge in [-0.1, -0.05) is 63.1 Å². The fourth-order valence-electron chi connectivity index (χ4n) is 5.30. The van der Waals surface area contributed by atoms with Crippen molar-refractivity contribution in [3.8, 4) is 0 Å². The summed E-state index contributed by atoms with van der Waals surface area (Å²) in [7, 11) is -7.89. The Bertz CT molecular complexity index is 1420. The lowest BCUT2D eigenvalue weighted by molar-refractivity contribution is -0.136. The first-order valence-corrected chi connectivity index (χ1v) is 19.5. The van der Waals surface area contributed by atoms with Gasteiger partial charge in [0.05, 0.1) is 36.2 Å². The predicted molar refractivity (Wildman–Crippen MR) is 184 cm³/mol. The Morgan fingerprint density at radius 2 is 0.896 bits per heavy atom. The van der Waals surface area contributed by atoms with Crippen LogP contribution in [0.3, 0.4) is 0 Å². The van der Waals surface area contributed by atoms with Crippen LogP contribution in [0.15, 0.2) is 58.3 Å². The van der Waals surface area contributed by atoms with Crippen LogP contribution in [0, 0.1) is 25.7 Å². The van der Waals surface area contributed by atoms with Crippen LogP contribution in [-0.4, -0.2) is 103 Å². The molecule has 0 bridgehead atoms. The molecule has 0 radical (unpaired) electrons. The molecular formula is C34H52N4O8S2. The Labute approximate surface area is 286 Å². The van der Waals surface area contributed by atoms with E-state index in [-0.39, 0.29) is 86.0 Å². The zero-order valence-electron chi connectivity index (χ0n) is 29.0. The Hall–Kier alpha value is -2.88. The zero-order chi connectivity index (χ0) is 35.5. The number of nitrogens with zero attached hydrogens (tertiary/aromatic N) is 2. The lowest BCUT2D eigenvalue weighted by Crippen LogP contribution is -2.52. The molecule has 2 N–H and O–H groups in total. The van der Waals surface area contributed by atoms with Crippen LogP contribution in [0.1, 0.15) is 51.7 Å².